The Morgan fingerprint density at radius 2 is 0.964 bits per heavy atom. The third kappa shape index (κ3) is 5.37. The summed E-state index contributed by atoms with van der Waals surface area (Å²) in [7, 11) is 0. The number of nitrogens with one attached hydrogen (secondary N) is 4. The second kappa shape index (κ2) is 9.95. The fourth-order valence-electron chi connectivity index (χ4n) is 3.70. The van der Waals surface area contributed by atoms with E-state index in [-0.39, 0.29) is 6.42 Å². The molecule has 2 aliphatic rings. The van der Waals surface area contributed by atoms with Gasteiger partial charge < -0.3 is 0 Å². The van der Waals surface area contributed by atoms with Crippen LogP contribution in [0.15, 0.2) is 0 Å². The van der Waals surface area contributed by atoms with Gasteiger partial charge in [-0.2, -0.15) is 0 Å². The lowest BCUT2D eigenvalue weighted by atomic mass is 9.75. The number of hydrogen-bond acceptors (Lipinski definition) is 6. The van der Waals surface area contributed by atoms with Crippen molar-refractivity contribution in [3.05, 3.63) is 0 Å². The van der Waals surface area contributed by atoms with Gasteiger partial charge in [-0.3, -0.25) is 40.4 Å². The molecule has 10 heteroatoms. The van der Waals surface area contributed by atoms with Gasteiger partial charge in [0.15, 0.2) is 0 Å². The minimum Gasteiger partial charge on any atom is -0.277 e. The van der Waals surface area contributed by atoms with E-state index in [1.807, 2.05) is 21.3 Å². The number of imide groups is 4. The summed E-state index contributed by atoms with van der Waals surface area (Å²) >= 11 is 0. The molecule has 28 heavy (non-hydrogen) atoms. The van der Waals surface area contributed by atoms with Crippen LogP contribution in [0.3, 0.4) is 0 Å². The Morgan fingerprint density at radius 1 is 0.607 bits per heavy atom. The maximum Gasteiger partial charge on any atom is 0.328 e. The van der Waals surface area contributed by atoms with Crippen molar-refractivity contribution < 1.29 is 28.8 Å². The first-order valence-corrected chi connectivity index (χ1v) is 9.66. The van der Waals surface area contributed by atoms with Gasteiger partial charge in [-0.25, -0.2) is 9.59 Å². The van der Waals surface area contributed by atoms with Gasteiger partial charge in [0.05, 0.1) is 0 Å². The Morgan fingerprint density at radius 3 is 1.36 bits per heavy atom. The molecule has 0 aromatic heterocycles. The summed E-state index contributed by atoms with van der Waals surface area (Å²) in [6.45, 7) is 2.13. The molecule has 2 heterocycles. The van der Waals surface area contributed by atoms with Gasteiger partial charge in [-0.05, 0) is 12.3 Å². The van der Waals surface area contributed by atoms with Gasteiger partial charge in [0.25, 0.3) is 0 Å². The molecule has 2 rings (SSSR count). The molecule has 4 N–H and O–H groups in total. The SMILES string of the molecule is CCCCCCCCCC(C1C(=O)NC(=O)NC1=O)C1C(=O)NC(=O)NC1=O. The fourth-order valence-corrected chi connectivity index (χ4v) is 3.70. The third-order valence-electron chi connectivity index (χ3n) is 5.07. The van der Waals surface area contributed by atoms with Crippen LogP contribution < -0.4 is 21.3 Å². The molecule has 0 aliphatic carbocycles. The van der Waals surface area contributed by atoms with Gasteiger partial charge in [0, 0.05) is 0 Å². The normalized spacial score (nSPS) is 18.8. The van der Waals surface area contributed by atoms with Crippen LogP contribution in [0.25, 0.3) is 0 Å². The molecule has 0 saturated carbocycles. The first-order chi connectivity index (χ1) is 13.3. The molecular formula is C18H26N4O6. The molecule has 0 aromatic rings. The predicted octanol–water partition coefficient (Wildman–Crippen LogP) is 0.708. The zero-order chi connectivity index (χ0) is 20.7. The van der Waals surface area contributed by atoms with E-state index in [0.29, 0.717) is 6.42 Å². The minimum atomic E-state index is -1.37. The van der Waals surface area contributed by atoms with Crippen LogP contribution in [-0.2, 0) is 19.2 Å². The van der Waals surface area contributed by atoms with E-state index in [1.54, 1.807) is 0 Å². The Bertz CT molecular complexity index is 589. The highest BCUT2D eigenvalue weighted by Gasteiger charge is 2.49. The Labute approximate surface area is 162 Å². The second-order valence-corrected chi connectivity index (χ2v) is 7.14. The smallest absolute Gasteiger partial charge is 0.277 e. The molecule has 10 nitrogen and oxygen atoms in total. The van der Waals surface area contributed by atoms with Crippen LogP contribution in [0.1, 0.15) is 58.3 Å². The van der Waals surface area contributed by atoms with Crippen molar-refractivity contribution in [3.8, 4) is 0 Å². The highest BCUT2D eigenvalue weighted by molar-refractivity contribution is 6.19. The molecule has 0 unspecified atom stereocenters. The molecule has 154 valence electrons. The van der Waals surface area contributed by atoms with Crippen molar-refractivity contribution >= 4 is 35.7 Å². The summed E-state index contributed by atoms with van der Waals surface area (Å²) < 4.78 is 0. The fraction of sp³-hybridized carbons (Fsp3) is 0.667. The maximum atomic E-state index is 12.3. The number of barbiturate groups is 2. The Kier molecular flexibility index (Phi) is 7.65. The molecular weight excluding hydrogens is 368 g/mol. The minimum absolute atomic E-state index is 0.257. The zero-order valence-electron chi connectivity index (χ0n) is 15.8. The van der Waals surface area contributed by atoms with Crippen LogP contribution in [0.2, 0.25) is 0 Å². The number of urea groups is 2. The Hall–Kier alpha value is -2.78. The molecule has 2 fully saturated rings. The number of unbranched alkanes of at least 4 members (excludes halogenated alkanes) is 6. The quantitative estimate of drug-likeness (QED) is 0.316. The van der Waals surface area contributed by atoms with Crippen molar-refractivity contribution in [3.63, 3.8) is 0 Å². The summed E-state index contributed by atoms with van der Waals surface area (Å²) in [5.74, 6) is -7.09. The molecule has 0 bridgehead atoms. The number of rotatable bonds is 10. The molecule has 0 spiro atoms. The summed E-state index contributed by atoms with van der Waals surface area (Å²) in [5.41, 5.74) is 0. The summed E-state index contributed by atoms with van der Waals surface area (Å²) in [6, 6.07) is -1.87. The zero-order valence-corrected chi connectivity index (χ0v) is 15.8. The first-order valence-electron chi connectivity index (χ1n) is 9.66. The van der Waals surface area contributed by atoms with Crippen LogP contribution in [0.5, 0.6) is 0 Å². The van der Waals surface area contributed by atoms with Crippen molar-refractivity contribution in [2.45, 2.75) is 58.3 Å². The molecule has 0 aromatic carbocycles. The average Bonchev–Trinajstić information content (AvgIpc) is 2.58. The van der Waals surface area contributed by atoms with Crippen molar-refractivity contribution in [2.75, 3.05) is 0 Å². The van der Waals surface area contributed by atoms with Crippen LogP contribution in [-0.4, -0.2) is 35.7 Å². The van der Waals surface area contributed by atoms with E-state index in [4.69, 9.17) is 0 Å². The topological polar surface area (TPSA) is 151 Å². The van der Waals surface area contributed by atoms with Crippen LogP contribution >= 0.6 is 0 Å². The lowest BCUT2D eigenvalue weighted by molar-refractivity contribution is -0.144. The summed E-state index contributed by atoms with van der Waals surface area (Å²) in [4.78, 5) is 71.7. The number of carbonyl (C=O) groups excluding carboxylic acids is 6. The largest absolute Gasteiger partial charge is 0.328 e. The van der Waals surface area contributed by atoms with E-state index in [2.05, 4.69) is 6.92 Å². The monoisotopic (exact) mass is 394 g/mol. The highest BCUT2D eigenvalue weighted by Crippen LogP contribution is 2.31. The summed E-state index contributed by atoms with van der Waals surface area (Å²) in [5, 5.41) is 8.01. The van der Waals surface area contributed by atoms with E-state index in [9.17, 15) is 28.8 Å². The molecule has 0 atom stereocenters. The highest BCUT2D eigenvalue weighted by atomic mass is 16.2. The predicted molar refractivity (Wildman–Crippen MR) is 96.4 cm³/mol. The standard InChI is InChI=1S/C18H26N4O6/c1-2-3-4-5-6-7-8-9-10(11-13(23)19-17(27)20-14(11)24)12-15(25)21-18(28)22-16(12)26/h10-12H,2-9H2,1H3,(H2,19,20,23,24,27)(H2,21,22,25,26,28). The lowest BCUT2D eigenvalue weighted by Gasteiger charge is -2.33. The summed E-state index contributed by atoms with van der Waals surface area (Å²) in [6.07, 6.45) is 7.15. The maximum absolute atomic E-state index is 12.3. The van der Waals surface area contributed by atoms with Crippen molar-refractivity contribution in [1.29, 1.82) is 0 Å². The van der Waals surface area contributed by atoms with Crippen molar-refractivity contribution in [1.82, 2.24) is 21.3 Å². The molecule has 0 radical (unpaired) electrons. The molecule has 8 amide bonds. The van der Waals surface area contributed by atoms with Gasteiger partial charge in [0.2, 0.25) is 23.6 Å². The van der Waals surface area contributed by atoms with Crippen LogP contribution in [0.4, 0.5) is 9.59 Å². The second-order valence-electron chi connectivity index (χ2n) is 7.14. The van der Waals surface area contributed by atoms with E-state index >= 15 is 0 Å². The van der Waals surface area contributed by atoms with Gasteiger partial charge in [-0.15, -0.1) is 0 Å². The number of amides is 8. The number of hydrogen-bond donors (Lipinski definition) is 4. The average molecular weight is 394 g/mol. The first kappa shape index (κ1) is 21.5. The van der Waals surface area contributed by atoms with Gasteiger partial charge in [0.1, 0.15) is 11.8 Å². The van der Waals surface area contributed by atoms with E-state index < -0.39 is 53.4 Å². The molecule has 2 aliphatic heterocycles. The Balaban J connectivity index is 2.09. The van der Waals surface area contributed by atoms with E-state index in [0.717, 1.165) is 38.5 Å². The van der Waals surface area contributed by atoms with Gasteiger partial charge in [-0.1, -0.05) is 51.9 Å². The molecule has 2 saturated heterocycles. The third-order valence-corrected chi connectivity index (χ3v) is 5.07. The van der Waals surface area contributed by atoms with E-state index in [1.165, 1.54) is 0 Å². The van der Waals surface area contributed by atoms with Crippen molar-refractivity contribution in [2.24, 2.45) is 17.8 Å². The lowest BCUT2D eigenvalue weighted by Crippen LogP contribution is -2.63. The van der Waals surface area contributed by atoms with Gasteiger partial charge >= 0.3 is 12.1 Å². The van der Waals surface area contributed by atoms with Crippen LogP contribution in [0, 0.1) is 17.8 Å². The number of carbonyl (C=O) groups is 6.